The SMILES string of the molecule is C(=NN(c1ccccc1)c1ccccc1)c1cn(-c2ccccc2)nc1-c1ccc2c(c1)OCCO2. The highest BCUT2D eigenvalue weighted by atomic mass is 16.6. The van der Waals surface area contributed by atoms with Gasteiger partial charge in [-0.15, -0.1) is 0 Å². The number of anilines is 2. The van der Waals surface area contributed by atoms with Crippen molar-refractivity contribution in [1.82, 2.24) is 9.78 Å². The number of nitrogens with zero attached hydrogens (tertiary/aromatic N) is 4. The summed E-state index contributed by atoms with van der Waals surface area (Å²) in [7, 11) is 0. The first-order valence-electron chi connectivity index (χ1n) is 11.8. The molecule has 1 aliphatic heterocycles. The van der Waals surface area contributed by atoms with Gasteiger partial charge in [-0.2, -0.15) is 10.2 Å². The first kappa shape index (κ1) is 21.7. The van der Waals surface area contributed by atoms with Gasteiger partial charge in [-0.1, -0.05) is 54.6 Å². The van der Waals surface area contributed by atoms with Gasteiger partial charge in [0, 0.05) is 17.3 Å². The van der Waals surface area contributed by atoms with Crippen molar-refractivity contribution in [2.75, 3.05) is 18.2 Å². The van der Waals surface area contributed by atoms with Crippen molar-refractivity contribution in [3.63, 3.8) is 0 Å². The summed E-state index contributed by atoms with van der Waals surface area (Å²) in [6, 6.07) is 36.2. The standard InChI is InChI=1S/C30H24N4O2/c1-4-10-25(11-5-1)33-22-24(30(32-33)23-16-17-28-29(20-23)36-19-18-35-28)21-31-34(26-12-6-2-7-13-26)27-14-8-3-9-15-27/h1-17,20-22H,18-19H2. The molecule has 6 rings (SSSR count). The summed E-state index contributed by atoms with van der Waals surface area (Å²) in [5.74, 6) is 1.48. The second kappa shape index (κ2) is 9.80. The van der Waals surface area contributed by atoms with Crippen LogP contribution >= 0.6 is 0 Å². The summed E-state index contributed by atoms with van der Waals surface area (Å²) in [6.45, 7) is 1.09. The molecular formula is C30H24N4O2. The maximum Gasteiger partial charge on any atom is 0.162 e. The lowest BCUT2D eigenvalue weighted by molar-refractivity contribution is 0.171. The van der Waals surface area contributed by atoms with Crippen LogP contribution in [0.4, 0.5) is 11.4 Å². The van der Waals surface area contributed by atoms with Crippen LogP contribution in [0.3, 0.4) is 0 Å². The molecule has 4 aromatic carbocycles. The number of fused-ring (bicyclic) bond motifs is 1. The van der Waals surface area contributed by atoms with Crippen molar-refractivity contribution in [3.8, 4) is 28.4 Å². The topological polar surface area (TPSA) is 51.9 Å². The number of hydrogen-bond acceptors (Lipinski definition) is 5. The van der Waals surface area contributed by atoms with Gasteiger partial charge < -0.3 is 9.47 Å². The van der Waals surface area contributed by atoms with Gasteiger partial charge in [-0.3, -0.25) is 0 Å². The smallest absolute Gasteiger partial charge is 0.162 e. The lowest BCUT2D eigenvalue weighted by Gasteiger charge is -2.19. The minimum Gasteiger partial charge on any atom is -0.486 e. The lowest BCUT2D eigenvalue weighted by atomic mass is 10.1. The highest BCUT2D eigenvalue weighted by molar-refractivity contribution is 5.90. The van der Waals surface area contributed by atoms with E-state index < -0.39 is 0 Å². The quantitative estimate of drug-likeness (QED) is 0.210. The summed E-state index contributed by atoms with van der Waals surface area (Å²) in [6.07, 6.45) is 3.86. The number of hydrazone groups is 1. The van der Waals surface area contributed by atoms with E-state index in [1.54, 1.807) is 0 Å². The second-order valence-corrected chi connectivity index (χ2v) is 8.30. The van der Waals surface area contributed by atoms with Crippen LogP contribution < -0.4 is 14.5 Å². The number of benzene rings is 4. The molecule has 6 heteroatoms. The normalized spacial score (nSPS) is 12.6. The van der Waals surface area contributed by atoms with E-state index in [9.17, 15) is 0 Å². The zero-order valence-corrected chi connectivity index (χ0v) is 19.6. The molecule has 0 saturated carbocycles. The number of rotatable bonds is 6. The Kier molecular flexibility index (Phi) is 5.90. The molecule has 1 aliphatic rings. The monoisotopic (exact) mass is 472 g/mol. The van der Waals surface area contributed by atoms with Crippen LogP contribution in [-0.2, 0) is 0 Å². The van der Waals surface area contributed by atoms with E-state index in [2.05, 4.69) is 0 Å². The molecule has 1 aromatic heterocycles. The van der Waals surface area contributed by atoms with Crippen LogP contribution in [0.15, 0.2) is 120 Å². The van der Waals surface area contributed by atoms with Crippen LogP contribution in [0.2, 0.25) is 0 Å². The van der Waals surface area contributed by atoms with Gasteiger partial charge in [0.25, 0.3) is 0 Å². The van der Waals surface area contributed by atoms with Crippen molar-refractivity contribution < 1.29 is 9.47 Å². The number of ether oxygens (including phenoxy) is 2. The number of para-hydroxylation sites is 3. The minimum absolute atomic E-state index is 0.534. The summed E-state index contributed by atoms with van der Waals surface area (Å²) in [5, 5.41) is 11.8. The first-order chi connectivity index (χ1) is 17.8. The van der Waals surface area contributed by atoms with Crippen molar-refractivity contribution in [1.29, 1.82) is 0 Å². The Morgan fingerprint density at radius 3 is 2.00 bits per heavy atom. The van der Waals surface area contributed by atoms with Gasteiger partial charge in [0.1, 0.15) is 18.9 Å². The van der Waals surface area contributed by atoms with E-state index in [4.69, 9.17) is 19.7 Å². The van der Waals surface area contributed by atoms with Gasteiger partial charge in [0.05, 0.1) is 23.3 Å². The van der Waals surface area contributed by atoms with Crippen molar-refractivity contribution in [3.05, 3.63) is 121 Å². The highest BCUT2D eigenvalue weighted by Crippen LogP contribution is 2.35. The second-order valence-electron chi connectivity index (χ2n) is 8.30. The molecule has 0 aliphatic carbocycles. The van der Waals surface area contributed by atoms with Gasteiger partial charge >= 0.3 is 0 Å². The van der Waals surface area contributed by atoms with Gasteiger partial charge in [-0.05, 0) is 54.6 Å². The van der Waals surface area contributed by atoms with Crippen LogP contribution in [-0.4, -0.2) is 29.2 Å². The summed E-state index contributed by atoms with van der Waals surface area (Å²) >= 11 is 0. The summed E-state index contributed by atoms with van der Waals surface area (Å²) < 4.78 is 13.4. The summed E-state index contributed by atoms with van der Waals surface area (Å²) in [5.41, 5.74) is 5.53. The molecule has 36 heavy (non-hydrogen) atoms. The Bertz CT molecular complexity index is 1440. The Labute approximate surface area is 209 Å². The Morgan fingerprint density at radius 2 is 1.33 bits per heavy atom. The van der Waals surface area contributed by atoms with E-state index in [1.165, 1.54) is 0 Å². The molecule has 0 spiro atoms. The third-order valence-corrected chi connectivity index (χ3v) is 5.89. The van der Waals surface area contributed by atoms with Gasteiger partial charge in [0.15, 0.2) is 11.5 Å². The fourth-order valence-electron chi connectivity index (χ4n) is 4.15. The fourth-order valence-corrected chi connectivity index (χ4v) is 4.15. The molecule has 0 atom stereocenters. The van der Waals surface area contributed by atoms with Crippen LogP contribution in [0, 0.1) is 0 Å². The molecule has 0 saturated heterocycles. The molecule has 0 fully saturated rings. The Hall–Kier alpha value is -4.84. The minimum atomic E-state index is 0.534. The van der Waals surface area contributed by atoms with E-state index in [0.29, 0.717) is 13.2 Å². The fraction of sp³-hybridized carbons (Fsp3) is 0.0667. The maximum absolute atomic E-state index is 5.83. The van der Waals surface area contributed by atoms with Crippen molar-refractivity contribution in [2.24, 2.45) is 5.10 Å². The van der Waals surface area contributed by atoms with Crippen molar-refractivity contribution in [2.45, 2.75) is 0 Å². The first-order valence-corrected chi connectivity index (χ1v) is 11.8. The lowest BCUT2D eigenvalue weighted by Crippen LogP contribution is -2.15. The summed E-state index contributed by atoms with van der Waals surface area (Å²) in [4.78, 5) is 0. The zero-order valence-electron chi connectivity index (χ0n) is 19.6. The Balaban J connectivity index is 1.44. The molecule has 0 amide bonds. The average Bonchev–Trinajstić information content (AvgIpc) is 3.39. The molecule has 0 unspecified atom stereocenters. The third-order valence-electron chi connectivity index (χ3n) is 5.89. The zero-order chi connectivity index (χ0) is 24.2. The van der Waals surface area contributed by atoms with Gasteiger partial charge in [-0.25, -0.2) is 9.69 Å². The van der Waals surface area contributed by atoms with Crippen LogP contribution in [0.5, 0.6) is 11.5 Å². The van der Waals surface area contributed by atoms with Crippen molar-refractivity contribution >= 4 is 17.6 Å². The molecule has 6 nitrogen and oxygen atoms in total. The van der Waals surface area contributed by atoms with Crippen LogP contribution in [0.1, 0.15) is 5.56 Å². The number of hydrogen-bond donors (Lipinski definition) is 0. The highest BCUT2D eigenvalue weighted by Gasteiger charge is 2.17. The number of aromatic nitrogens is 2. The predicted molar refractivity (Wildman–Crippen MR) is 143 cm³/mol. The van der Waals surface area contributed by atoms with Crippen LogP contribution in [0.25, 0.3) is 16.9 Å². The molecule has 5 aromatic rings. The Morgan fingerprint density at radius 1 is 0.722 bits per heavy atom. The van der Waals surface area contributed by atoms with E-state index >= 15 is 0 Å². The van der Waals surface area contributed by atoms with E-state index in [1.807, 2.05) is 131 Å². The molecule has 0 bridgehead atoms. The average molecular weight is 473 g/mol. The predicted octanol–water partition coefficient (Wildman–Crippen LogP) is 6.48. The largest absolute Gasteiger partial charge is 0.486 e. The molecule has 0 radical (unpaired) electrons. The molecule has 0 N–H and O–H groups in total. The van der Waals surface area contributed by atoms with E-state index in [-0.39, 0.29) is 0 Å². The maximum atomic E-state index is 5.83. The molecule has 2 heterocycles. The molecular weight excluding hydrogens is 448 g/mol. The molecule has 176 valence electrons. The van der Waals surface area contributed by atoms with E-state index in [0.717, 1.165) is 45.4 Å². The van der Waals surface area contributed by atoms with Gasteiger partial charge in [0.2, 0.25) is 0 Å². The third kappa shape index (κ3) is 4.44.